The molecule has 0 spiro atoms. The van der Waals surface area contributed by atoms with Gasteiger partial charge in [0.25, 0.3) is 5.91 Å². The van der Waals surface area contributed by atoms with Crippen LogP contribution in [0, 0.1) is 6.92 Å². The first-order valence-corrected chi connectivity index (χ1v) is 13.5. The molecule has 1 aliphatic heterocycles. The number of aryl methyl sites for hydroxylation is 1. The number of nitrogens with one attached hydrogen (secondary N) is 2. The van der Waals surface area contributed by atoms with Gasteiger partial charge in [0.05, 0.1) is 30.2 Å². The molecule has 0 bridgehead atoms. The largest absolute Gasteiger partial charge is 0.437 e. The molecule has 1 fully saturated rings. The van der Waals surface area contributed by atoms with E-state index in [1.54, 1.807) is 25.1 Å². The van der Waals surface area contributed by atoms with Gasteiger partial charge in [-0.3, -0.25) is 24.0 Å². The lowest BCUT2D eigenvalue weighted by Gasteiger charge is -2.40. The second-order valence-corrected chi connectivity index (χ2v) is 10.1. The minimum atomic E-state index is -4.63. The minimum absolute atomic E-state index is 0.0305. The van der Waals surface area contributed by atoms with Crippen LogP contribution in [-0.4, -0.2) is 91.1 Å². The number of anilines is 2. The predicted molar refractivity (Wildman–Crippen MR) is 150 cm³/mol. The number of ether oxygens (including phenoxy) is 1. The molecular formula is C27H29F3N10O4. The van der Waals surface area contributed by atoms with Crippen molar-refractivity contribution in [3.8, 4) is 11.3 Å². The molecule has 2 amide bonds. The highest BCUT2D eigenvalue weighted by Gasteiger charge is 2.37. The summed E-state index contributed by atoms with van der Waals surface area (Å²) in [4.78, 5) is 48.6. The second kappa shape index (κ2) is 12.3. The van der Waals surface area contributed by atoms with Crippen LogP contribution in [0.4, 0.5) is 24.7 Å². The van der Waals surface area contributed by atoms with E-state index in [0.717, 1.165) is 6.20 Å². The van der Waals surface area contributed by atoms with Crippen molar-refractivity contribution in [1.29, 1.82) is 0 Å². The van der Waals surface area contributed by atoms with Gasteiger partial charge in [-0.05, 0) is 43.7 Å². The van der Waals surface area contributed by atoms with E-state index in [9.17, 15) is 27.6 Å². The number of halogens is 3. The number of benzene rings is 1. The van der Waals surface area contributed by atoms with Gasteiger partial charge in [-0.2, -0.15) is 18.3 Å². The van der Waals surface area contributed by atoms with Crippen LogP contribution in [0.15, 0.2) is 43.0 Å². The molecule has 17 heteroatoms. The Balaban J connectivity index is 1.34. The van der Waals surface area contributed by atoms with Crippen LogP contribution in [0.5, 0.6) is 0 Å². The molecule has 1 aromatic carbocycles. The number of nitrogens with two attached hydrogens (primary N) is 2. The lowest BCUT2D eigenvalue weighted by molar-refractivity contribution is -0.169. The number of imidazole rings is 1. The lowest BCUT2D eigenvalue weighted by Crippen LogP contribution is -2.57. The highest BCUT2D eigenvalue weighted by atomic mass is 19.4. The van der Waals surface area contributed by atoms with Crippen molar-refractivity contribution in [3.63, 3.8) is 0 Å². The quantitative estimate of drug-likeness (QED) is 0.168. The van der Waals surface area contributed by atoms with Gasteiger partial charge in [-0.15, -0.1) is 0 Å². The number of amides is 2. The number of alkyl halides is 3. The van der Waals surface area contributed by atoms with Gasteiger partial charge in [0.1, 0.15) is 5.69 Å². The molecule has 0 saturated carbocycles. The maximum absolute atomic E-state index is 13.5. The van der Waals surface area contributed by atoms with Crippen LogP contribution in [0.2, 0.25) is 0 Å². The van der Waals surface area contributed by atoms with E-state index in [-0.39, 0.29) is 35.2 Å². The number of piperazine rings is 1. The van der Waals surface area contributed by atoms with Gasteiger partial charge in [0.2, 0.25) is 0 Å². The van der Waals surface area contributed by atoms with Gasteiger partial charge < -0.3 is 26.4 Å². The molecule has 0 aliphatic carbocycles. The number of hydrogen-bond acceptors (Lipinski definition) is 10. The zero-order chi connectivity index (χ0) is 31.6. The normalized spacial score (nSPS) is 15.8. The smallest absolute Gasteiger partial charge is 0.433 e. The number of H-pyrrole nitrogens is 1. The summed E-state index contributed by atoms with van der Waals surface area (Å²) in [6.07, 6.45) is 0.448. The molecule has 232 valence electrons. The molecule has 0 radical (unpaired) electrons. The molecule has 4 aromatic rings. The lowest BCUT2D eigenvalue weighted by atomic mass is 10.1. The van der Waals surface area contributed by atoms with Crippen molar-refractivity contribution in [1.82, 2.24) is 34.4 Å². The molecule has 14 nitrogen and oxygen atoms in total. The highest BCUT2D eigenvalue weighted by molar-refractivity contribution is 6.31. The molecule has 1 saturated heterocycles. The van der Waals surface area contributed by atoms with E-state index < -0.39 is 30.0 Å². The minimum Gasteiger partial charge on any atom is -0.437 e. The van der Waals surface area contributed by atoms with Gasteiger partial charge in [0, 0.05) is 43.3 Å². The Bertz CT molecular complexity index is 1700. The first kappa shape index (κ1) is 30.4. The fraction of sp³-hybridized carbons (Fsp3) is 0.333. The average molecular weight is 615 g/mol. The number of fused-ring (bicyclic) bond motifs is 1. The van der Waals surface area contributed by atoms with E-state index in [0.29, 0.717) is 49.4 Å². The Hall–Kier alpha value is -5.03. The highest BCUT2D eigenvalue weighted by Crippen LogP contribution is 2.36. The van der Waals surface area contributed by atoms with Crippen LogP contribution in [0.3, 0.4) is 0 Å². The van der Waals surface area contributed by atoms with E-state index >= 15 is 0 Å². The number of carbonyl (C=O) groups excluding carboxylic acids is 3. The number of carbonyl (C=O) groups is 3. The molecule has 4 heterocycles. The Kier molecular flexibility index (Phi) is 8.50. The number of primary amides is 1. The zero-order valence-corrected chi connectivity index (χ0v) is 23.5. The molecule has 5 rings (SSSR count). The third-order valence-electron chi connectivity index (χ3n) is 7.17. The van der Waals surface area contributed by atoms with E-state index in [1.807, 2.05) is 10.00 Å². The summed E-state index contributed by atoms with van der Waals surface area (Å²) in [6, 6.07) is 5.01. The summed E-state index contributed by atoms with van der Waals surface area (Å²) in [5.41, 5.74) is 11.6. The van der Waals surface area contributed by atoms with Gasteiger partial charge in [0.15, 0.2) is 17.7 Å². The summed E-state index contributed by atoms with van der Waals surface area (Å²) in [5.74, 6) is -2.43. The molecule has 1 atom stereocenters. The van der Waals surface area contributed by atoms with Gasteiger partial charge in [-0.1, -0.05) is 0 Å². The molecule has 44 heavy (non-hydrogen) atoms. The summed E-state index contributed by atoms with van der Waals surface area (Å²) in [7, 11) is 0. The van der Waals surface area contributed by atoms with Crippen molar-refractivity contribution in [2.45, 2.75) is 25.7 Å². The fourth-order valence-corrected chi connectivity index (χ4v) is 5.01. The first-order valence-electron chi connectivity index (χ1n) is 13.5. The number of esters is 1. The van der Waals surface area contributed by atoms with Crippen LogP contribution in [-0.2, 0) is 20.5 Å². The fourth-order valence-electron chi connectivity index (χ4n) is 5.01. The summed E-state index contributed by atoms with van der Waals surface area (Å²) >= 11 is 0. The second-order valence-electron chi connectivity index (χ2n) is 10.1. The third-order valence-corrected chi connectivity index (χ3v) is 7.17. The number of hydrogen-bond donors (Lipinski definition) is 4. The summed E-state index contributed by atoms with van der Waals surface area (Å²) in [6.45, 7) is 3.46. The van der Waals surface area contributed by atoms with Crippen LogP contribution >= 0.6 is 0 Å². The Morgan fingerprint density at radius 2 is 1.98 bits per heavy atom. The molecule has 1 unspecified atom stereocenters. The summed E-state index contributed by atoms with van der Waals surface area (Å²) < 4.78 is 47.1. The maximum atomic E-state index is 13.5. The third kappa shape index (κ3) is 6.18. The summed E-state index contributed by atoms with van der Waals surface area (Å²) in [5, 5.41) is 8.67. The topological polar surface area (TPSA) is 190 Å². The zero-order valence-electron chi connectivity index (χ0n) is 23.5. The van der Waals surface area contributed by atoms with Gasteiger partial charge in [-0.25, -0.2) is 14.8 Å². The average Bonchev–Trinajstić information content (AvgIpc) is 3.64. The maximum Gasteiger partial charge on any atom is 0.433 e. The number of rotatable bonds is 8. The van der Waals surface area contributed by atoms with Crippen molar-refractivity contribution in [2.75, 3.05) is 38.0 Å². The monoisotopic (exact) mass is 614 g/mol. The van der Waals surface area contributed by atoms with Crippen molar-refractivity contribution in [2.24, 2.45) is 11.5 Å². The Morgan fingerprint density at radius 3 is 2.68 bits per heavy atom. The molecule has 1 aliphatic rings. The first-order chi connectivity index (χ1) is 21.0. The van der Waals surface area contributed by atoms with Crippen molar-refractivity contribution >= 4 is 34.9 Å². The number of aromatic nitrogens is 5. The SMILES string of the molecule is Cc1cc(Nc2nccn3c(-c4cn[nH]c4C(F)(F)F)cnc23)ccc1C(=O)N1CCN(CCCN)C(OC(=O)C(N)=O)C1. The van der Waals surface area contributed by atoms with Crippen molar-refractivity contribution < 1.29 is 32.3 Å². The van der Waals surface area contributed by atoms with Crippen LogP contribution in [0.25, 0.3) is 16.9 Å². The number of nitrogens with zero attached hydrogens (tertiary/aromatic N) is 6. The van der Waals surface area contributed by atoms with E-state index in [2.05, 4.69) is 20.4 Å². The van der Waals surface area contributed by atoms with Crippen molar-refractivity contribution in [3.05, 3.63) is 59.8 Å². The van der Waals surface area contributed by atoms with Crippen LogP contribution < -0.4 is 16.8 Å². The molecular weight excluding hydrogens is 585 g/mol. The Morgan fingerprint density at radius 1 is 1.18 bits per heavy atom. The predicted octanol–water partition coefficient (Wildman–Crippen LogP) is 1.65. The standard InChI is InChI=1S/C27H29F3N10O4/c1-15-11-16(36-23-24-34-13-19(40(24)8-6-33-23)18-12-35-37-21(18)27(28,29)30)3-4-17(15)25(42)39-10-9-38(7-2-5-31)20(14-39)44-26(43)22(32)41/h3-4,6,8,11-13,20H,2,5,7,9-10,14,31H2,1H3,(H2,32,41)(H,33,36)(H,35,37). The Labute approximate surface area is 248 Å². The van der Waals surface area contributed by atoms with E-state index in [1.165, 1.54) is 27.9 Å². The van der Waals surface area contributed by atoms with E-state index in [4.69, 9.17) is 16.2 Å². The van der Waals surface area contributed by atoms with Crippen LogP contribution in [0.1, 0.15) is 28.0 Å². The molecule has 6 N–H and O–H groups in total. The molecule has 3 aromatic heterocycles. The number of aromatic amines is 1. The van der Waals surface area contributed by atoms with Gasteiger partial charge >= 0.3 is 18.1 Å².